The van der Waals surface area contributed by atoms with Crippen LogP contribution in [-0.2, 0) is 22.7 Å². The SMILES string of the molecule is O=C(NCc1ccccc1)c1cc(S(=O)(=O)Nc2cccc(C(F)(F)F)c2)ccc1Cl. The third-order valence-electron chi connectivity index (χ3n) is 4.23. The van der Waals surface area contributed by atoms with Crippen LogP contribution in [0.2, 0.25) is 5.02 Å². The van der Waals surface area contributed by atoms with Gasteiger partial charge in [-0.1, -0.05) is 48.0 Å². The van der Waals surface area contributed by atoms with E-state index < -0.39 is 27.7 Å². The summed E-state index contributed by atoms with van der Waals surface area (Å²) in [6.07, 6.45) is -4.62. The molecule has 0 radical (unpaired) electrons. The number of alkyl halides is 3. The van der Waals surface area contributed by atoms with E-state index in [0.29, 0.717) is 6.07 Å². The number of hydrogen-bond donors (Lipinski definition) is 2. The molecule has 1 amide bonds. The first kappa shape index (κ1) is 22.6. The van der Waals surface area contributed by atoms with Crippen LogP contribution in [0, 0.1) is 0 Å². The Kier molecular flexibility index (Phi) is 6.56. The fraction of sp³-hybridized carbons (Fsp3) is 0.0952. The molecular formula is C21H16ClF3N2O3S. The maximum Gasteiger partial charge on any atom is 0.416 e. The van der Waals surface area contributed by atoms with Crippen molar-refractivity contribution in [2.24, 2.45) is 0 Å². The highest BCUT2D eigenvalue weighted by molar-refractivity contribution is 7.92. The summed E-state index contributed by atoms with van der Waals surface area (Å²) in [5.74, 6) is -0.593. The van der Waals surface area contributed by atoms with Crippen molar-refractivity contribution in [2.45, 2.75) is 17.6 Å². The zero-order valence-corrected chi connectivity index (χ0v) is 17.4. The molecule has 3 aromatic rings. The molecule has 0 heterocycles. The van der Waals surface area contributed by atoms with Crippen molar-refractivity contribution in [1.29, 1.82) is 0 Å². The number of benzene rings is 3. The standard InChI is InChI=1S/C21H16ClF3N2O3S/c22-19-10-9-17(12-18(19)20(28)26-13-14-5-2-1-3-6-14)31(29,30)27-16-8-4-7-15(11-16)21(23,24)25/h1-12,27H,13H2,(H,26,28). The normalized spacial score (nSPS) is 11.7. The van der Waals surface area contributed by atoms with Crippen LogP contribution >= 0.6 is 11.6 Å². The zero-order chi connectivity index (χ0) is 22.6. The molecule has 0 bridgehead atoms. The fourth-order valence-corrected chi connectivity index (χ4v) is 3.97. The number of hydrogen-bond acceptors (Lipinski definition) is 3. The summed E-state index contributed by atoms with van der Waals surface area (Å²) in [4.78, 5) is 12.2. The number of amides is 1. The van der Waals surface area contributed by atoms with Crippen LogP contribution in [0.4, 0.5) is 18.9 Å². The first-order valence-corrected chi connectivity index (χ1v) is 10.7. The lowest BCUT2D eigenvalue weighted by Gasteiger charge is -2.13. The molecule has 0 aliphatic heterocycles. The summed E-state index contributed by atoms with van der Waals surface area (Å²) < 4.78 is 66.0. The molecule has 5 nitrogen and oxygen atoms in total. The highest BCUT2D eigenvalue weighted by Crippen LogP contribution is 2.31. The van der Waals surface area contributed by atoms with Crippen LogP contribution in [0.15, 0.2) is 77.7 Å². The molecule has 0 aromatic heterocycles. The monoisotopic (exact) mass is 468 g/mol. The quantitative estimate of drug-likeness (QED) is 0.529. The van der Waals surface area contributed by atoms with Crippen LogP contribution in [0.1, 0.15) is 21.5 Å². The van der Waals surface area contributed by atoms with E-state index in [2.05, 4.69) is 10.0 Å². The molecule has 3 rings (SSSR count). The van der Waals surface area contributed by atoms with Crippen molar-refractivity contribution in [1.82, 2.24) is 5.32 Å². The van der Waals surface area contributed by atoms with Crippen molar-refractivity contribution >= 4 is 33.2 Å². The van der Waals surface area contributed by atoms with Gasteiger partial charge in [0, 0.05) is 12.2 Å². The van der Waals surface area contributed by atoms with Gasteiger partial charge in [0.25, 0.3) is 15.9 Å². The minimum atomic E-state index is -4.62. The maximum absolute atomic E-state index is 12.9. The molecule has 0 saturated heterocycles. The highest BCUT2D eigenvalue weighted by Gasteiger charge is 2.30. The van der Waals surface area contributed by atoms with Gasteiger partial charge in [0.15, 0.2) is 0 Å². The molecular weight excluding hydrogens is 453 g/mol. The molecule has 0 saturated carbocycles. The molecule has 0 aliphatic rings. The van der Waals surface area contributed by atoms with Crippen LogP contribution in [-0.4, -0.2) is 14.3 Å². The summed E-state index contributed by atoms with van der Waals surface area (Å²) >= 11 is 6.05. The molecule has 0 aliphatic carbocycles. The van der Waals surface area contributed by atoms with E-state index in [-0.39, 0.29) is 27.7 Å². The van der Waals surface area contributed by atoms with Crippen LogP contribution in [0.5, 0.6) is 0 Å². The first-order chi connectivity index (χ1) is 14.6. The molecule has 0 fully saturated rings. The highest BCUT2D eigenvalue weighted by atomic mass is 35.5. The number of anilines is 1. The molecule has 0 unspecified atom stereocenters. The van der Waals surface area contributed by atoms with Crippen LogP contribution in [0.25, 0.3) is 0 Å². The van der Waals surface area contributed by atoms with E-state index >= 15 is 0 Å². The Bertz CT molecular complexity index is 1200. The Hall–Kier alpha value is -3.04. The number of sulfonamides is 1. The molecule has 162 valence electrons. The summed E-state index contributed by atoms with van der Waals surface area (Å²) in [6, 6.07) is 16.3. The predicted octanol–water partition coefficient (Wildman–Crippen LogP) is 5.09. The van der Waals surface area contributed by atoms with Crippen molar-refractivity contribution in [3.63, 3.8) is 0 Å². The van der Waals surface area contributed by atoms with Crippen molar-refractivity contribution in [3.8, 4) is 0 Å². The summed E-state index contributed by atoms with van der Waals surface area (Å²) in [6.45, 7) is 0.204. The van der Waals surface area contributed by atoms with E-state index in [9.17, 15) is 26.4 Å². The van der Waals surface area contributed by atoms with Gasteiger partial charge in [0.05, 0.1) is 21.0 Å². The van der Waals surface area contributed by atoms with Gasteiger partial charge in [-0.15, -0.1) is 0 Å². The van der Waals surface area contributed by atoms with E-state index in [1.165, 1.54) is 12.1 Å². The van der Waals surface area contributed by atoms with Gasteiger partial charge in [0.1, 0.15) is 0 Å². The first-order valence-electron chi connectivity index (χ1n) is 8.88. The lowest BCUT2D eigenvalue weighted by Crippen LogP contribution is -2.23. The maximum atomic E-state index is 12.9. The Labute approximate surface area is 181 Å². The van der Waals surface area contributed by atoms with Gasteiger partial charge in [-0.2, -0.15) is 13.2 Å². The number of rotatable bonds is 6. The Morgan fingerprint density at radius 2 is 1.65 bits per heavy atom. The fourth-order valence-electron chi connectivity index (χ4n) is 2.69. The average molecular weight is 469 g/mol. The molecule has 0 spiro atoms. The van der Waals surface area contributed by atoms with Gasteiger partial charge in [0.2, 0.25) is 0 Å². The molecule has 10 heteroatoms. The Morgan fingerprint density at radius 1 is 0.935 bits per heavy atom. The second kappa shape index (κ2) is 8.99. The van der Waals surface area contributed by atoms with Crippen molar-refractivity contribution in [3.05, 3.63) is 94.5 Å². The van der Waals surface area contributed by atoms with Gasteiger partial charge >= 0.3 is 6.18 Å². The second-order valence-electron chi connectivity index (χ2n) is 6.49. The molecule has 31 heavy (non-hydrogen) atoms. The van der Waals surface area contributed by atoms with E-state index in [1.807, 2.05) is 18.2 Å². The molecule has 0 atom stereocenters. The smallest absolute Gasteiger partial charge is 0.348 e. The minimum absolute atomic E-state index is 0.0311. The molecule has 2 N–H and O–H groups in total. The van der Waals surface area contributed by atoms with E-state index in [0.717, 1.165) is 29.8 Å². The van der Waals surface area contributed by atoms with Crippen LogP contribution in [0.3, 0.4) is 0 Å². The zero-order valence-electron chi connectivity index (χ0n) is 15.8. The summed E-state index contributed by atoms with van der Waals surface area (Å²) in [7, 11) is -4.27. The van der Waals surface area contributed by atoms with Gasteiger partial charge < -0.3 is 5.32 Å². The number of halogens is 4. The number of nitrogens with one attached hydrogen (secondary N) is 2. The largest absolute Gasteiger partial charge is 0.416 e. The Morgan fingerprint density at radius 3 is 2.32 bits per heavy atom. The summed E-state index contributed by atoms with van der Waals surface area (Å²) in [5.41, 5.74) is -0.504. The average Bonchev–Trinajstić information content (AvgIpc) is 2.72. The lowest BCUT2D eigenvalue weighted by atomic mass is 10.2. The van der Waals surface area contributed by atoms with Crippen molar-refractivity contribution < 1.29 is 26.4 Å². The van der Waals surface area contributed by atoms with Gasteiger partial charge in [-0.05, 0) is 42.0 Å². The topological polar surface area (TPSA) is 75.3 Å². The third kappa shape index (κ3) is 5.77. The number of carbonyl (C=O) groups is 1. The number of carbonyl (C=O) groups excluding carboxylic acids is 1. The third-order valence-corrected chi connectivity index (χ3v) is 5.94. The molecule has 3 aromatic carbocycles. The van der Waals surface area contributed by atoms with Gasteiger partial charge in [-0.25, -0.2) is 8.42 Å². The predicted molar refractivity (Wildman–Crippen MR) is 111 cm³/mol. The van der Waals surface area contributed by atoms with Gasteiger partial charge in [-0.3, -0.25) is 9.52 Å². The second-order valence-corrected chi connectivity index (χ2v) is 8.58. The Balaban J connectivity index is 1.82. The van der Waals surface area contributed by atoms with Crippen molar-refractivity contribution in [2.75, 3.05) is 4.72 Å². The van der Waals surface area contributed by atoms with Crippen LogP contribution < -0.4 is 10.0 Å². The summed E-state index contributed by atoms with van der Waals surface area (Å²) in [5, 5.41) is 2.68. The minimum Gasteiger partial charge on any atom is -0.348 e. The van der Waals surface area contributed by atoms with E-state index in [1.54, 1.807) is 12.1 Å². The van der Waals surface area contributed by atoms with E-state index in [4.69, 9.17) is 11.6 Å². The lowest BCUT2D eigenvalue weighted by molar-refractivity contribution is -0.137.